The normalized spacial score (nSPS) is 16.0. The Kier molecular flexibility index (Phi) is 4.87. The van der Waals surface area contributed by atoms with E-state index in [0.29, 0.717) is 18.9 Å². The number of halogens is 1. The van der Waals surface area contributed by atoms with Gasteiger partial charge in [0.15, 0.2) is 5.82 Å². The van der Waals surface area contributed by atoms with Crippen LogP contribution in [-0.2, 0) is 10.0 Å². The van der Waals surface area contributed by atoms with Gasteiger partial charge in [0.1, 0.15) is 10.7 Å². The van der Waals surface area contributed by atoms with Gasteiger partial charge in [-0.2, -0.15) is 9.40 Å². The molecule has 134 valence electrons. The Morgan fingerprint density at radius 2 is 1.80 bits per heavy atom. The summed E-state index contributed by atoms with van der Waals surface area (Å²) in [4.78, 5) is 3.63. The van der Waals surface area contributed by atoms with E-state index in [4.69, 9.17) is 0 Å². The fourth-order valence-electron chi connectivity index (χ4n) is 2.70. The summed E-state index contributed by atoms with van der Waals surface area (Å²) in [6.45, 7) is 1.48. The summed E-state index contributed by atoms with van der Waals surface area (Å²) in [5.41, 5.74) is 0.923. The number of anilines is 2. The maximum absolute atomic E-state index is 13.9. The first-order chi connectivity index (χ1) is 11.9. The van der Waals surface area contributed by atoms with E-state index in [2.05, 4.69) is 10.2 Å². The van der Waals surface area contributed by atoms with Crippen LogP contribution < -0.4 is 9.80 Å². The predicted molar refractivity (Wildman–Crippen MR) is 93.7 cm³/mol. The average molecular weight is 365 g/mol. The highest BCUT2D eigenvalue weighted by molar-refractivity contribution is 7.89. The molecule has 25 heavy (non-hydrogen) atoms. The Morgan fingerprint density at radius 1 is 1.12 bits per heavy atom. The summed E-state index contributed by atoms with van der Waals surface area (Å²) in [7, 11) is 0.000242. The van der Waals surface area contributed by atoms with Crippen molar-refractivity contribution >= 4 is 21.5 Å². The van der Waals surface area contributed by atoms with Gasteiger partial charge in [-0.1, -0.05) is 12.1 Å². The summed E-state index contributed by atoms with van der Waals surface area (Å²) in [5, 5.41) is 8.12. The summed E-state index contributed by atoms with van der Waals surface area (Å²) in [6, 6.07) is 7.36. The van der Waals surface area contributed by atoms with Gasteiger partial charge in [0.25, 0.3) is 0 Å². The highest BCUT2D eigenvalue weighted by Gasteiger charge is 2.30. The molecule has 2 aromatic rings. The van der Waals surface area contributed by atoms with Crippen molar-refractivity contribution in [2.24, 2.45) is 0 Å². The molecule has 0 amide bonds. The topological polar surface area (TPSA) is 69.6 Å². The van der Waals surface area contributed by atoms with Gasteiger partial charge in [-0.3, -0.25) is 0 Å². The Morgan fingerprint density at radius 3 is 2.44 bits per heavy atom. The minimum atomic E-state index is -3.83. The summed E-state index contributed by atoms with van der Waals surface area (Å²) < 4.78 is 40.4. The van der Waals surface area contributed by atoms with E-state index in [1.54, 1.807) is 6.20 Å². The van der Waals surface area contributed by atoms with Crippen LogP contribution in [-0.4, -0.2) is 63.2 Å². The number of aromatic nitrogens is 2. The highest BCUT2D eigenvalue weighted by atomic mass is 32.2. The van der Waals surface area contributed by atoms with E-state index in [-0.39, 0.29) is 18.0 Å². The van der Waals surface area contributed by atoms with Crippen molar-refractivity contribution in [3.05, 3.63) is 42.3 Å². The second kappa shape index (κ2) is 6.93. The molecule has 0 saturated carbocycles. The van der Waals surface area contributed by atoms with E-state index in [1.165, 1.54) is 22.5 Å². The molecular weight excluding hydrogens is 345 g/mol. The molecular formula is C16H20FN5O2S. The van der Waals surface area contributed by atoms with Crippen LogP contribution >= 0.6 is 0 Å². The standard InChI is InChI=1S/C16H20FN5O2S/c1-20(2)13-11-16(19-18-12-13)21-7-9-22(10-8-21)25(23,24)15-6-4-3-5-14(15)17/h3-6,11-12H,7-10H2,1-2H3. The van der Waals surface area contributed by atoms with Gasteiger partial charge in [0.05, 0.1) is 11.9 Å². The third-order valence-corrected chi connectivity index (χ3v) is 6.09. The van der Waals surface area contributed by atoms with Crippen molar-refractivity contribution in [1.29, 1.82) is 0 Å². The summed E-state index contributed by atoms with van der Waals surface area (Å²) in [6.07, 6.45) is 1.67. The molecule has 2 heterocycles. The number of hydrogen-bond donors (Lipinski definition) is 0. The lowest BCUT2D eigenvalue weighted by Crippen LogP contribution is -2.49. The second-order valence-corrected chi connectivity index (χ2v) is 7.89. The van der Waals surface area contributed by atoms with E-state index in [1.807, 2.05) is 30.0 Å². The van der Waals surface area contributed by atoms with Crippen molar-refractivity contribution in [1.82, 2.24) is 14.5 Å². The molecule has 7 nitrogen and oxygen atoms in total. The molecule has 1 fully saturated rings. The van der Waals surface area contributed by atoms with Crippen molar-refractivity contribution < 1.29 is 12.8 Å². The number of piperazine rings is 1. The minimum Gasteiger partial charge on any atom is -0.376 e. The first-order valence-electron chi connectivity index (χ1n) is 7.89. The predicted octanol–water partition coefficient (Wildman–Crippen LogP) is 1.19. The lowest BCUT2D eigenvalue weighted by atomic mass is 10.3. The number of rotatable bonds is 4. The van der Waals surface area contributed by atoms with Crippen LogP contribution in [0.1, 0.15) is 0 Å². The lowest BCUT2D eigenvalue weighted by molar-refractivity contribution is 0.381. The minimum absolute atomic E-state index is 0.268. The molecule has 1 aliphatic heterocycles. The number of nitrogens with zero attached hydrogens (tertiary/aromatic N) is 5. The third-order valence-electron chi connectivity index (χ3n) is 4.16. The number of hydrogen-bond acceptors (Lipinski definition) is 6. The quantitative estimate of drug-likeness (QED) is 0.811. The van der Waals surface area contributed by atoms with Crippen LogP contribution in [0.3, 0.4) is 0 Å². The zero-order chi connectivity index (χ0) is 18.0. The molecule has 0 bridgehead atoms. The molecule has 0 atom stereocenters. The summed E-state index contributed by atoms with van der Waals surface area (Å²) >= 11 is 0. The SMILES string of the molecule is CN(C)c1cnnc(N2CCN(S(=O)(=O)c3ccccc3F)CC2)c1. The molecule has 1 saturated heterocycles. The van der Waals surface area contributed by atoms with Gasteiger partial charge in [0.2, 0.25) is 10.0 Å². The van der Waals surface area contributed by atoms with E-state index in [0.717, 1.165) is 11.8 Å². The molecule has 3 rings (SSSR count). The zero-order valence-corrected chi connectivity index (χ0v) is 14.9. The fraction of sp³-hybridized carbons (Fsp3) is 0.375. The van der Waals surface area contributed by atoms with Crippen LogP contribution in [0.4, 0.5) is 15.9 Å². The third kappa shape index (κ3) is 3.57. The van der Waals surface area contributed by atoms with E-state index >= 15 is 0 Å². The first-order valence-corrected chi connectivity index (χ1v) is 9.33. The van der Waals surface area contributed by atoms with Gasteiger partial charge in [-0.05, 0) is 12.1 Å². The molecule has 1 aromatic heterocycles. The first kappa shape index (κ1) is 17.6. The number of benzene rings is 1. The van der Waals surface area contributed by atoms with Crippen LogP contribution in [0.15, 0.2) is 41.4 Å². The largest absolute Gasteiger partial charge is 0.376 e. The van der Waals surface area contributed by atoms with Crippen molar-refractivity contribution in [3.63, 3.8) is 0 Å². The maximum atomic E-state index is 13.9. The molecule has 1 aromatic carbocycles. The molecule has 1 aliphatic rings. The van der Waals surface area contributed by atoms with Crippen LogP contribution in [0.5, 0.6) is 0 Å². The average Bonchev–Trinajstić information content (AvgIpc) is 2.62. The van der Waals surface area contributed by atoms with Gasteiger partial charge < -0.3 is 9.80 Å². The van der Waals surface area contributed by atoms with Crippen molar-refractivity contribution in [2.75, 3.05) is 50.1 Å². The van der Waals surface area contributed by atoms with Gasteiger partial charge in [-0.15, -0.1) is 5.10 Å². The maximum Gasteiger partial charge on any atom is 0.246 e. The monoisotopic (exact) mass is 365 g/mol. The smallest absolute Gasteiger partial charge is 0.246 e. The Labute approximate surface area is 146 Å². The van der Waals surface area contributed by atoms with Gasteiger partial charge in [-0.25, -0.2) is 12.8 Å². The van der Waals surface area contributed by atoms with Crippen molar-refractivity contribution in [2.45, 2.75) is 4.90 Å². The van der Waals surface area contributed by atoms with Gasteiger partial charge in [0, 0.05) is 46.3 Å². The molecule has 9 heteroatoms. The zero-order valence-electron chi connectivity index (χ0n) is 14.1. The Hall–Kier alpha value is -2.26. The lowest BCUT2D eigenvalue weighted by Gasteiger charge is -2.34. The molecule has 0 unspecified atom stereocenters. The molecule has 0 aliphatic carbocycles. The van der Waals surface area contributed by atoms with Crippen LogP contribution in [0, 0.1) is 5.82 Å². The molecule has 0 radical (unpaired) electrons. The van der Waals surface area contributed by atoms with E-state index in [9.17, 15) is 12.8 Å². The molecule has 0 spiro atoms. The highest BCUT2D eigenvalue weighted by Crippen LogP contribution is 2.23. The van der Waals surface area contributed by atoms with Crippen molar-refractivity contribution in [3.8, 4) is 0 Å². The number of sulfonamides is 1. The van der Waals surface area contributed by atoms with Gasteiger partial charge >= 0.3 is 0 Å². The molecule has 0 N–H and O–H groups in total. The second-order valence-electron chi connectivity index (χ2n) is 5.99. The fourth-order valence-corrected chi connectivity index (χ4v) is 4.18. The van der Waals surface area contributed by atoms with Crippen LogP contribution in [0.2, 0.25) is 0 Å². The van der Waals surface area contributed by atoms with Crippen LogP contribution in [0.25, 0.3) is 0 Å². The van der Waals surface area contributed by atoms with E-state index < -0.39 is 15.8 Å². The Balaban J connectivity index is 1.74. The Bertz CT molecular complexity index is 851. The summed E-state index contributed by atoms with van der Waals surface area (Å²) in [5.74, 6) is -0.0244.